The van der Waals surface area contributed by atoms with E-state index in [1.54, 1.807) is 46.3 Å². The van der Waals surface area contributed by atoms with Crippen LogP contribution in [0.15, 0.2) is 62.8 Å². The van der Waals surface area contributed by atoms with Crippen molar-refractivity contribution in [3.05, 3.63) is 62.8 Å². The first kappa shape index (κ1) is 101. The van der Waals surface area contributed by atoms with E-state index >= 15 is 0 Å². The standard InChI is InChI=1S/C7H12O2.C6H10O.2C6H14.C5H10O.C5H12.C4H10O.C3H9N.C3H8O.C3H8.3C3H6.C2H6/c1-4-5-9-7(8)6(2)3;1-3-5-6(7)4-2;1-5-6(2,3)4;1-3-5-6-4-2;1-3-4-5(2)6;1-3-5-4-2;1-3-4-5-2;2*1-3-4-2;4*1-3-2;1-2/h2,4-5H2,1,3H3;4H,2-3,5H2,1H3;5H2,1-4H3;3-6H2,1-2H3;3-4H2,1-2H3;3-5H2,1-2H3;3-4H2,1-2H3;4H,3H2,1-2H3;3H2,1-2H3;3H2,1-2H3;3*3H,1H2,2H3;1-2H3. The molecule has 0 radical (unpaired) electrons. The zero-order valence-electron chi connectivity index (χ0n) is 50.7. The van der Waals surface area contributed by atoms with Crippen LogP contribution in [0.2, 0.25) is 0 Å². The second-order valence-electron chi connectivity index (χ2n) is 15.0. The molecule has 0 atom stereocenters. The maximum absolute atomic E-state index is 10.6. The van der Waals surface area contributed by atoms with Gasteiger partial charge < -0.3 is 24.3 Å². The predicted molar refractivity (Wildman–Crippen MR) is 311 cm³/mol. The summed E-state index contributed by atoms with van der Waals surface area (Å²) in [6.45, 7) is 67.1. The van der Waals surface area contributed by atoms with Gasteiger partial charge in [0.15, 0.2) is 5.78 Å². The number of hydrogen-bond acceptors (Lipinski definition) is 7. The van der Waals surface area contributed by atoms with E-state index in [1.165, 1.54) is 63.9 Å². The van der Waals surface area contributed by atoms with Crippen LogP contribution < -0.4 is 5.32 Å². The van der Waals surface area contributed by atoms with Crippen LogP contribution in [-0.4, -0.2) is 65.2 Å². The lowest BCUT2D eigenvalue weighted by Gasteiger charge is -2.12. The Labute approximate surface area is 421 Å². The van der Waals surface area contributed by atoms with E-state index in [0.29, 0.717) is 24.0 Å². The van der Waals surface area contributed by atoms with Gasteiger partial charge >= 0.3 is 5.97 Å². The molecule has 1 N–H and O–H groups in total. The maximum atomic E-state index is 10.6. The van der Waals surface area contributed by atoms with Crippen molar-refractivity contribution >= 4 is 17.5 Å². The molecule has 66 heavy (non-hydrogen) atoms. The van der Waals surface area contributed by atoms with Crippen molar-refractivity contribution in [1.29, 1.82) is 0 Å². The quantitative estimate of drug-likeness (QED) is 0.0672. The van der Waals surface area contributed by atoms with Crippen LogP contribution in [0.1, 0.15) is 256 Å². The number of rotatable bonds is 17. The predicted octanol–water partition coefficient (Wildman–Crippen LogP) is 19.6. The fourth-order valence-corrected chi connectivity index (χ4v) is 2.08. The summed E-state index contributed by atoms with van der Waals surface area (Å²) in [7, 11) is 5.32. The number of ketones is 2. The largest absolute Gasteiger partial charge is 0.462 e. The topological polar surface area (TPSA) is 90.9 Å². The molecule has 0 heterocycles. The van der Waals surface area contributed by atoms with Crippen molar-refractivity contribution in [2.75, 3.05) is 47.6 Å². The van der Waals surface area contributed by atoms with Crippen LogP contribution in [0, 0.1) is 5.41 Å². The van der Waals surface area contributed by atoms with Gasteiger partial charge in [-0.05, 0) is 92.3 Å². The summed E-state index contributed by atoms with van der Waals surface area (Å²) < 4.78 is 13.9. The number of carbonyl (C=O) groups excluding carboxylic acids is 3. The number of hydrogen-bond donors (Lipinski definition) is 1. The normalized spacial score (nSPS) is 7.85. The fraction of sp³-hybridized carbons (Fsp3) is 0.780. The zero-order chi connectivity index (χ0) is 55.9. The lowest BCUT2D eigenvalue weighted by Crippen LogP contribution is -2.04. The first-order chi connectivity index (χ1) is 31.0. The Bertz CT molecular complexity index is 749. The van der Waals surface area contributed by atoms with Gasteiger partial charge in [0.2, 0.25) is 0 Å². The highest BCUT2D eigenvalue weighted by Crippen LogP contribution is 2.16. The average Bonchev–Trinajstić information content (AvgIpc) is 3.28. The molecule has 0 aliphatic heterocycles. The van der Waals surface area contributed by atoms with E-state index in [0.717, 1.165) is 51.9 Å². The van der Waals surface area contributed by atoms with Gasteiger partial charge in [0, 0.05) is 45.8 Å². The average molecular weight is 951 g/mol. The van der Waals surface area contributed by atoms with Gasteiger partial charge in [0.05, 0.1) is 6.61 Å². The van der Waals surface area contributed by atoms with Crippen LogP contribution >= 0.6 is 0 Å². The van der Waals surface area contributed by atoms with Crippen LogP contribution in [-0.2, 0) is 28.6 Å². The van der Waals surface area contributed by atoms with Gasteiger partial charge in [0.1, 0.15) is 5.78 Å². The molecule has 0 aromatic rings. The third-order valence-electron chi connectivity index (χ3n) is 5.89. The minimum Gasteiger partial charge on any atom is -0.462 e. The molecule has 0 aliphatic carbocycles. The number of Topliss-reactive ketones (excluding diaryl/α,β-unsaturated/α-hetero) is 1. The molecular weight excluding hydrogens is 819 g/mol. The number of unbranched alkanes of at least 4 members (excludes halogenated alkanes) is 5. The highest BCUT2D eigenvalue weighted by Gasteiger charge is 2.03. The van der Waals surface area contributed by atoms with Gasteiger partial charge in [-0.1, -0.05) is 207 Å². The van der Waals surface area contributed by atoms with Crippen molar-refractivity contribution < 1.29 is 28.6 Å². The lowest BCUT2D eigenvalue weighted by molar-refractivity contribution is -0.139. The van der Waals surface area contributed by atoms with E-state index in [-0.39, 0.29) is 17.5 Å². The van der Waals surface area contributed by atoms with Gasteiger partial charge in [0.25, 0.3) is 0 Å². The van der Waals surface area contributed by atoms with E-state index in [1.807, 2.05) is 69.4 Å². The second-order valence-corrected chi connectivity index (χ2v) is 15.0. The third kappa shape index (κ3) is 347. The van der Waals surface area contributed by atoms with Crippen LogP contribution in [0.25, 0.3) is 0 Å². The number of ether oxygens (including phenoxy) is 3. The van der Waals surface area contributed by atoms with Crippen molar-refractivity contribution in [2.24, 2.45) is 5.41 Å². The molecule has 0 unspecified atom stereocenters. The Morgan fingerprint density at radius 3 is 0.924 bits per heavy atom. The molecule has 0 fully saturated rings. The summed E-state index contributed by atoms with van der Waals surface area (Å²) in [6, 6.07) is 0. The molecule has 0 saturated heterocycles. The molecule has 0 amide bonds. The van der Waals surface area contributed by atoms with Crippen molar-refractivity contribution in [3.63, 3.8) is 0 Å². The van der Waals surface area contributed by atoms with Crippen molar-refractivity contribution in [1.82, 2.24) is 5.32 Å². The van der Waals surface area contributed by atoms with Crippen molar-refractivity contribution in [2.45, 2.75) is 256 Å². The summed E-state index contributed by atoms with van der Waals surface area (Å²) in [5, 5.41) is 2.93. The molecule has 0 aliphatic rings. The lowest BCUT2D eigenvalue weighted by atomic mass is 9.94. The summed E-state index contributed by atoms with van der Waals surface area (Å²) >= 11 is 0. The highest BCUT2D eigenvalue weighted by molar-refractivity contribution is 5.88. The van der Waals surface area contributed by atoms with Gasteiger partial charge in [-0.15, -0.1) is 19.7 Å². The van der Waals surface area contributed by atoms with Crippen LogP contribution in [0.4, 0.5) is 0 Å². The van der Waals surface area contributed by atoms with Crippen LogP contribution in [0.5, 0.6) is 0 Å². The molecule has 0 saturated carbocycles. The SMILES string of the molecule is C=C(C)C(=O)OCCC.C=CC.C=CC.C=CC.C=CC(=O)CCC.CC.CCC.CCC(C)(C)C.CCCC(C)=O.CCCCC.CCCCCC.CCCOC.CCNC.CCOC. The Kier molecular flexibility index (Phi) is 201. The van der Waals surface area contributed by atoms with E-state index in [2.05, 4.69) is 126 Å². The second kappa shape index (κ2) is 131. The smallest absolute Gasteiger partial charge is 0.333 e. The summed E-state index contributed by atoms with van der Waals surface area (Å²) in [5.41, 5.74) is 1.00. The first-order valence-corrected chi connectivity index (χ1v) is 25.9. The number of methoxy groups -OCH3 is 2. The highest BCUT2D eigenvalue weighted by atomic mass is 16.5. The van der Waals surface area contributed by atoms with E-state index in [4.69, 9.17) is 9.47 Å². The molecule has 0 aromatic carbocycles. The number of esters is 1. The Hall–Kier alpha value is -2.61. The number of nitrogens with one attached hydrogen (secondary N) is 1. The minimum absolute atomic E-state index is 0.141. The Morgan fingerprint density at radius 1 is 0.561 bits per heavy atom. The molecule has 408 valence electrons. The molecule has 0 bridgehead atoms. The molecule has 7 nitrogen and oxygen atoms in total. The van der Waals surface area contributed by atoms with Crippen LogP contribution in [0.3, 0.4) is 0 Å². The van der Waals surface area contributed by atoms with E-state index < -0.39 is 0 Å². The van der Waals surface area contributed by atoms with Gasteiger partial charge in [-0.25, -0.2) is 4.79 Å². The number of allylic oxidation sites excluding steroid dienone is 4. The molecule has 7 heteroatoms. The first-order valence-electron chi connectivity index (χ1n) is 25.9. The van der Waals surface area contributed by atoms with E-state index in [9.17, 15) is 14.4 Å². The summed E-state index contributed by atoms with van der Waals surface area (Å²) in [5.74, 6) is 0.136. The molecule has 0 rings (SSSR count). The summed E-state index contributed by atoms with van der Waals surface area (Å²) in [4.78, 5) is 30.9. The minimum atomic E-state index is -0.295. The third-order valence-corrected chi connectivity index (χ3v) is 5.89. The fourth-order valence-electron chi connectivity index (χ4n) is 2.08. The maximum Gasteiger partial charge on any atom is 0.333 e. The zero-order valence-corrected chi connectivity index (χ0v) is 50.7. The van der Waals surface area contributed by atoms with Crippen molar-refractivity contribution in [3.8, 4) is 0 Å². The van der Waals surface area contributed by atoms with Gasteiger partial charge in [-0.3, -0.25) is 4.79 Å². The molecular formula is C59H131NO6. The number of carbonyl (C=O) groups is 3. The van der Waals surface area contributed by atoms with Gasteiger partial charge in [-0.2, -0.15) is 0 Å². The molecule has 0 aromatic heterocycles. The Morgan fingerprint density at radius 2 is 0.848 bits per heavy atom. The Balaban J connectivity index is -0.0000000374. The monoisotopic (exact) mass is 950 g/mol. The molecule has 0 spiro atoms. The summed E-state index contributed by atoms with van der Waals surface area (Å²) in [6.07, 6.45) is 24.0.